The molecule has 4 rings (SSSR count). The van der Waals surface area contributed by atoms with E-state index in [1.807, 2.05) is 0 Å². The van der Waals surface area contributed by atoms with Crippen molar-refractivity contribution >= 4 is 28.0 Å². The van der Waals surface area contributed by atoms with Crippen LogP contribution in [0.1, 0.15) is 277 Å². The van der Waals surface area contributed by atoms with E-state index in [-0.39, 0.29) is 0 Å². The number of hydrogen-bond acceptors (Lipinski definition) is 0. The zero-order chi connectivity index (χ0) is 71.5. The van der Waals surface area contributed by atoms with E-state index in [1.54, 1.807) is 0 Å². The van der Waals surface area contributed by atoms with E-state index in [2.05, 4.69) is 19.6 Å². The second-order valence-electron chi connectivity index (χ2n) is 25.3. The van der Waals surface area contributed by atoms with Gasteiger partial charge in [-0.25, -0.2) is 0 Å². The van der Waals surface area contributed by atoms with Crippen molar-refractivity contribution < 1.29 is 111 Å². The second kappa shape index (κ2) is 38.5. The average Bonchev–Trinajstić information content (AvgIpc) is 0.709. The highest BCUT2D eigenvalue weighted by molar-refractivity contribution is 7.20. The van der Waals surface area contributed by atoms with E-state index in [0.717, 1.165) is 0 Å². The van der Waals surface area contributed by atoms with Crippen LogP contribution in [0.3, 0.4) is 0 Å². The molecule has 0 fully saturated rings. The number of benzene rings is 4. The Morgan fingerprint density at radius 2 is 0.347 bits per heavy atom. The lowest BCUT2D eigenvalue weighted by Gasteiger charge is -2.46. The van der Waals surface area contributed by atoms with Crippen molar-refractivity contribution in [1.29, 1.82) is 0 Å². The molecule has 0 heterocycles. The van der Waals surface area contributed by atoms with Crippen LogP contribution >= 0.6 is 0 Å². The molecule has 0 bridgehead atoms. The zero-order valence-electron chi connectivity index (χ0n) is 53.9. The normalized spacial score (nSPS) is 13.3. The minimum atomic E-state index is -6.13. The Bertz CT molecular complexity index is 2350. The van der Waals surface area contributed by atoms with E-state index in [0.29, 0.717) is 6.04 Å². The fraction of sp³-hybridized carbons (Fsp3) is 0.652. The minimum Gasteiger partial charge on any atom is -0.355 e. The summed E-state index contributed by atoms with van der Waals surface area (Å²) < 4.78 is 341. The number of alkyl halides is 24. The number of halogens is 24. The van der Waals surface area contributed by atoms with Gasteiger partial charge in [-0.3, -0.25) is 0 Å². The van der Waals surface area contributed by atoms with Crippen LogP contribution in [0.4, 0.5) is 105 Å². The minimum absolute atomic E-state index is 0.691. The van der Waals surface area contributed by atoms with Crippen LogP contribution in [0, 0.1) is 0 Å². The van der Waals surface area contributed by atoms with Crippen molar-refractivity contribution in [1.82, 2.24) is 0 Å². The van der Waals surface area contributed by atoms with Crippen LogP contribution in [0.5, 0.6) is 0 Å². The van der Waals surface area contributed by atoms with E-state index in [1.165, 1.54) is 218 Å². The van der Waals surface area contributed by atoms with Gasteiger partial charge in [-0.1, -0.05) is 255 Å². The highest BCUT2D eigenvalue weighted by Gasteiger charge is 2.47. The van der Waals surface area contributed by atoms with Gasteiger partial charge in [0.1, 0.15) is 6.15 Å². The molecular weight excluding hydrogens is 1310 g/mol. The van der Waals surface area contributed by atoms with Crippen LogP contribution in [0.2, 0.25) is 0 Å². The largest absolute Gasteiger partial charge is 0.416 e. The molecule has 0 unspecified atom stereocenters. The molecule has 0 saturated carbocycles. The fourth-order valence-electron chi connectivity index (χ4n) is 12.2. The summed E-state index contributed by atoms with van der Waals surface area (Å²) in [6, 6.07) is -8.09. The van der Waals surface area contributed by atoms with Gasteiger partial charge in [0.25, 0.3) is 0 Å². The molecule has 95 heavy (non-hydrogen) atoms. The smallest absolute Gasteiger partial charge is 0.355 e. The van der Waals surface area contributed by atoms with Crippen molar-refractivity contribution in [3.05, 3.63) is 117 Å². The summed E-state index contributed by atoms with van der Waals surface area (Å²) in [4.78, 5) is 0. The molecule has 0 aliphatic heterocycles. The molecule has 4 aromatic rings. The maximum Gasteiger partial charge on any atom is 0.416 e. The van der Waals surface area contributed by atoms with Crippen molar-refractivity contribution in [3.8, 4) is 0 Å². The Morgan fingerprint density at radius 1 is 0.221 bits per heavy atom. The van der Waals surface area contributed by atoms with Gasteiger partial charge in [0.2, 0.25) is 0 Å². The molecule has 542 valence electrons. The molecule has 0 radical (unpaired) electrons. The van der Waals surface area contributed by atoms with Gasteiger partial charge >= 0.3 is 49.4 Å². The maximum atomic E-state index is 14.2. The first kappa shape index (κ1) is 84.5. The second-order valence-corrected chi connectivity index (χ2v) is 25.3. The molecule has 0 aromatic heterocycles. The van der Waals surface area contributed by atoms with E-state index in [9.17, 15) is 105 Å². The molecule has 1 nitrogen and oxygen atoms in total. The summed E-state index contributed by atoms with van der Waals surface area (Å²) in [5.41, 5.74) is -25.8. The van der Waals surface area contributed by atoms with Gasteiger partial charge in [0.05, 0.1) is 50.5 Å². The summed E-state index contributed by atoms with van der Waals surface area (Å²) in [5, 5.41) is 0. The third-order valence-electron chi connectivity index (χ3n) is 17.4. The van der Waals surface area contributed by atoms with Crippen molar-refractivity contribution in [2.45, 2.75) is 288 Å². The van der Waals surface area contributed by atoms with Gasteiger partial charge in [-0.2, -0.15) is 127 Å². The molecule has 0 saturated heterocycles. The van der Waals surface area contributed by atoms with Crippen LogP contribution in [0.25, 0.3) is 0 Å². The van der Waals surface area contributed by atoms with Crippen molar-refractivity contribution in [2.24, 2.45) is 0 Å². The topological polar surface area (TPSA) is 27.6 Å². The number of quaternary nitrogens is 1. The summed E-state index contributed by atoms with van der Waals surface area (Å²) in [6.07, 6.45) is -5.25. The fourth-order valence-corrected chi connectivity index (χ4v) is 12.2. The van der Waals surface area contributed by atoms with Gasteiger partial charge in [0.15, 0.2) is 0 Å². The molecule has 0 aliphatic carbocycles. The van der Waals surface area contributed by atoms with Gasteiger partial charge < -0.3 is 5.73 Å². The Labute approximate surface area is 542 Å². The van der Waals surface area contributed by atoms with Gasteiger partial charge in [-0.15, -0.1) is 0 Å². The predicted octanol–water partition coefficient (Wildman–Crippen LogP) is 24.1. The van der Waals surface area contributed by atoms with Crippen molar-refractivity contribution in [3.63, 3.8) is 0 Å². The Morgan fingerprint density at radius 3 is 0.474 bits per heavy atom. The quantitative estimate of drug-likeness (QED) is 0.0263. The summed E-state index contributed by atoms with van der Waals surface area (Å²) in [5.74, 6) is 0. The van der Waals surface area contributed by atoms with E-state index >= 15 is 0 Å². The maximum absolute atomic E-state index is 14.2. The number of rotatable bonds is 38. The van der Waals surface area contributed by atoms with Gasteiger partial charge in [-0.05, 0) is 49.9 Å². The molecule has 0 spiro atoms. The predicted molar refractivity (Wildman–Crippen MR) is 325 cm³/mol. The van der Waals surface area contributed by atoms with Crippen LogP contribution in [-0.2, 0) is 49.4 Å². The first-order valence-corrected chi connectivity index (χ1v) is 33.3. The molecule has 26 heteroatoms. The lowest BCUT2D eigenvalue weighted by atomic mass is 9.12. The summed E-state index contributed by atoms with van der Waals surface area (Å²) in [6.45, 7) is 4.61. The monoisotopic (exact) mass is 1400 g/mol. The Kier molecular flexibility index (Phi) is 34.3. The summed E-state index contributed by atoms with van der Waals surface area (Å²) in [7, 11) is 0. The Balaban J connectivity index is 0.000000540. The summed E-state index contributed by atoms with van der Waals surface area (Å²) >= 11 is 0. The van der Waals surface area contributed by atoms with Crippen LogP contribution in [0.15, 0.2) is 72.8 Å². The highest BCUT2D eigenvalue weighted by atomic mass is 19.4. The number of unbranched alkanes of at least 4 members (excludes halogenated alkanes) is 30. The lowest BCUT2D eigenvalue weighted by Crippen LogP contribution is -2.75. The zero-order valence-corrected chi connectivity index (χ0v) is 53.9. The molecule has 3 N–H and O–H groups in total. The van der Waals surface area contributed by atoms with Crippen LogP contribution in [-0.4, -0.2) is 12.2 Å². The van der Waals surface area contributed by atoms with Crippen LogP contribution < -0.4 is 27.6 Å². The standard InChI is InChI=1S/C37H77N.C32H12BF24/c1-3-5-7-9-11-13-15-17-19-21-23-25-27-29-31-33-35-37(38)36-34-32-30-28-26-24-22-20-18-16-14-12-10-8-6-4-2;34-25(35,36)13-1-14(26(37,38)39)6-21(5-13)33(22-7-15(27(40,41)42)2-16(8-22)28(43,44)45,23-9-17(29(46,47)48)3-18(10-23)30(49,50)51)24-11-19(31(52,53)54)4-20(12-24)32(55,56)57/h37H,3-36,38H2,1-2H3;1-12H/q;-1/p+1. The molecule has 0 amide bonds. The highest BCUT2D eigenvalue weighted by Crippen LogP contribution is 2.42. The third-order valence-corrected chi connectivity index (χ3v) is 17.4. The lowest BCUT2D eigenvalue weighted by molar-refractivity contribution is -0.423. The first-order valence-electron chi connectivity index (χ1n) is 33.3. The number of hydrogen-bond donors (Lipinski definition) is 1. The molecule has 4 aromatic carbocycles. The van der Waals surface area contributed by atoms with Crippen molar-refractivity contribution in [2.75, 3.05) is 0 Å². The SMILES string of the molecule is CCCCCCCCCCCCCCCCCCC([NH3+])CCCCCCCCCCCCCCCCCC.FC(F)(F)c1cc([B-](c2cc(C(F)(F)F)cc(C(F)(F)F)c2)(c2cc(C(F)(F)F)cc(C(F)(F)F)c2)c2cc(C(F)(F)F)cc(C(F)(F)F)c2)cc(C(F)(F)F)c1. The van der Waals surface area contributed by atoms with Gasteiger partial charge in [0, 0.05) is 0 Å². The third kappa shape index (κ3) is 29.7. The Hall–Kier alpha value is -4.78. The average molecular weight is 1400 g/mol. The van der Waals surface area contributed by atoms with E-state index < -0.39 is 195 Å². The molecular formula is C69H90BF24N. The first-order chi connectivity index (χ1) is 44.1. The molecule has 0 atom stereocenters. The van der Waals surface area contributed by atoms with E-state index in [4.69, 9.17) is 0 Å². The molecule has 0 aliphatic rings.